The number of piperidine rings is 1. The van der Waals surface area contributed by atoms with E-state index in [4.69, 9.17) is 0 Å². The van der Waals surface area contributed by atoms with E-state index in [1.165, 1.54) is 25.9 Å². The van der Waals surface area contributed by atoms with Gasteiger partial charge in [-0.15, -0.1) is 0 Å². The number of likely N-dealkylation sites (tertiary alicyclic amines) is 1. The molecule has 1 aliphatic rings. The molecule has 1 N–H and O–H groups in total. The van der Waals surface area contributed by atoms with Gasteiger partial charge in [0.25, 0.3) is 0 Å². The molecule has 1 saturated heterocycles. The van der Waals surface area contributed by atoms with Crippen LogP contribution in [0, 0.1) is 11.3 Å². The zero-order valence-corrected chi connectivity index (χ0v) is 11.8. The van der Waals surface area contributed by atoms with E-state index >= 15 is 0 Å². The lowest BCUT2D eigenvalue weighted by atomic mass is 9.88. The Kier molecular flexibility index (Phi) is 5.26. The van der Waals surface area contributed by atoms with Crippen LogP contribution in [-0.4, -0.2) is 37.1 Å². The molecule has 0 radical (unpaired) electrons. The van der Waals surface area contributed by atoms with Gasteiger partial charge in [0, 0.05) is 19.1 Å². The van der Waals surface area contributed by atoms with E-state index in [-0.39, 0.29) is 0 Å². The quantitative estimate of drug-likeness (QED) is 0.775. The highest BCUT2D eigenvalue weighted by molar-refractivity contribution is 4.83. The van der Waals surface area contributed by atoms with Gasteiger partial charge in [-0.2, -0.15) is 0 Å². The maximum absolute atomic E-state index is 3.48. The summed E-state index contributed by atoms with van der Waals surface area (Å²) in [6, 6.07) is 0.768. The molecule has 0 spiro atoms. The summed E-state index contributed by atoms with van der Waals surface area (Å²) in [4.78, 5) is 2.68. The Morgan fingerprint density at radius 3 is 2.56 bits per heavy atom. The SMILES string of the molecule is CCNCC(C)(C)CN1CCC(C)CC1C. The fraction of sp³-hybridized carbons (Fsp3) is 1.00. The minimum Gasteiger partial charge on any atom is -0.316 e. The Morgan fingerprint density at radius 1 is 1.31 bits per heavy atom. The van der Waals surface area contributed by atoms with Crippen LogP contribution in [0.5, 0.6) is 0 Å². The predicted octanol–water partition coefficient (Wildman–Crippen LogP) is 2.74. The number of nitrogens with zero attached hydrogens (tertiary/aromatic N) is 1. The molecular weight excluding hydrogens is 196 g/mol. The first-order chi connectivity index (χ1) is 7.44. The number of rotatable bonds is 5. The van der Waals surface area contributed by atoms with Crippen molar-refractivity contribution in [3.63, 3.8) is 0 Å². The Labute approximate surface area is 102 Å². The first-order valence-electron chi connectivity index (χ1n) is 6.89. The molecule has 0 aromatic rings. The Hall–Kier alpha value is -0.0800. The van der Waals surface area contributed by atoms with Crippen molar-refractivity contribution < 1.29 is 0 Å². The lowest BCUT2D eigenvalue weighted by Gasteiger charge is -2.41. The third-order valence-corrected chi connectivity index (χ3v) is 3.76. The van der Waals surface area contributed by atoms with Gasteiger partial charge < -0.3 is 10.2 Å². The highest BCUT2D eigenvalue weighted by Crippen LogP contribution is 2.26. The van der Waals surface area contributed by atoms with Gasteiger partial charge in [-0.25, -0.2) is 0 Å². The van der Waals surface area contributed by atoms with E-state index in [9.17, 15) is 0 Å². The summed E-state index contributed by atoms with van der Waals surface area (Å²) < 4.78 is 0. The standard InChI is InChI=1S/C14H30N2/c1-6-15-10-14(4,5)11-16-8-7-12(2)9-13(16)3/h12-13,15H,6-11H2,1-5H3. The summed E-state index contributed by atoms with van der Waals surface area (Å²) >= 11 is 0. The van der Waals surface area contributed by atoms with Gasteiger partial charge in [0.1, 0.15) is 0 Å². The normalized spacial score (nSPS) is 28.3. The average molecular weight is 226 g/mol. The Balaban J connectivity index is 2.40. The summed E-state index contributed by atoms with van der Waals surface area (Å²) in [6.07, 6.45) is 2.75. The van der Waals surface area contributed by atoms with Crippen LogP contribution in [0.15, 0.2) is 0 Å². The molecule has 0 aliphatic carbocycles. The molecule has 0 amide bonds. The molecular formula is C14H30N2. The number of hydrogen-bond acceptors (Lipinski definition) is 2. The first-order valence-corrected chi connectivity index (χ1v) is 6.89. The summed E-state index contributed by atoms with van der Waals surface area (Å²) in [5.41, 5.74) is 0.394. The molecule has 16 heavy (non-hydrogen) atoms. The minimum atomic E-state index is 0.394. The number of nitrogens with one attached hydrogen (secondary N) is 1. The molecule has 0 saturated carbocycles. The van der Waals surface area contributed by atoms with Gasteiger partial charge in [-0.05, 0) is 44.2 Å². The van der Waals surface area contributed by atoms with Crippen molar-refractivity contribution in [3.05, 3.63) is 0 Å². The van der Waals surface area contributed by atoms with Crippen molar-refractivity contribution in [1.29, 1.82) is 0 Å². The third kappa shape index (κ3) is 4.42. The molecule has 2 heteroatoms. The van der Waals surface area contributed by atoms with Crippen LogP contribution < -0.4 is 5.32 Å². The van der Waals surface area contributed by atoms with E-state index in [1.807, 2.05) is 0 Å². The molecule has 1 heterocycles. The number of hydrogen-bond donors (Lipinski definition) is 1. The van der Waals surface area contributed by atoms with Gasteiger partial charge in [-0.3, -0.25) is 0 Å². The lowest BCUT2D eigenvalue weighted by Crippen LogP contribution is -2.47. The second kappa shape index (κ2) is 6.02. The monoisotopic (exact) mass is 226 g/mol. The van der Waals surface area contributed by atoms with Crippen molar-refractivity contribution >= 4 is 0 Å². The van der Waals surface area contributed by atoms with Gasteiger partial charge in [0.15, 0.2) is 0 Å². The van der Waals surface area contributed by atoms with E-state index < -0.39 is 0 Å². The van der Waals surface area contributed by atoms with E-state index in [2.05, 4.69) is 44.8 Å². The highest BCUT2D eigenvalue weighted by Gasteiger charge is 2.28. The molecule has 96 valence electrons. The topological polar surface area (TPSA) is 15.3 Å². The molecule has 1 rings (SSSR count). The van der Waals surface area contributed by atoms with Crippen molar-refractivity contribution in [2.24, 2.45) is 11.3 Å². The van der Waals surface area contributed by atoms with Crippen molar-refractivity contribution in [2.45, 2.75) is 53.5 Å². The summed E-state index contributed by atoms with van der Waals surface area (Å²) in [5, 5.41) is 3.48. The second-order valence-corrected chi connectivity index (χ2v) is 6.39. The smallest absolute Gasteiger partial charge is 0.00697 e. The molecule has 2 atom stereocenters. The summed E-state index contributed by atoms with van der Waals surface area (Å²) in [5.74, 6) is 0.920. The zero-order valence-electron chi connectivity index (χ0n) is 11.8. The fourth-order valence-electron chi connectivity index (χ4n) is 2.76. The molecule has 0 aromatic heterocycles. The lowest BCUT2D eigenvalue weighted by molar-refractivity contribution is 0.0842. The predicted molar refractivity (Wildman–Crippen MR) is 71.8 cm³/mol. The molecule has 0 bridgehead atoms. The van der Waals surface area contributed by atoms with E-state index in [0.717, 1.165) is 25.0 Å². The largest absolute Gasteiger partial charge is 0.316 e. The van der Waals surface area contributed by atoms with Crippen LogP contribution in [0.2, 0.25) is 0 Å². The van der Waals surface area contributed by atoms with E-state index in [1.54, 1.807) is 0 Å². The molecule has 1 fully saturated rings. The third-order valence-electron chi connectivity index (χ3n) is 3.76. The Bertz CT molecular complexity index is 201. The molecule has 2 unspecified atom stereocenters. The fourth-order valence-corrected chi connectivity index (χ4v) is 2.76. The van der Waals surface area contributed by atoms with Gasteiger partial charge in [-0.1, -0.05) is 27.7 Å². The maximum atomic E-state index is 3.48. The summed E-state index contributed by atoms with van der Waals surface area (Å²) in [7, 11) is 0. The van der Waals surface area contributed by atoms with Crippen molar-refractivity contribution in [2.75, 3.05) is 26.2 Å². The van der Waals surface area contributed by atoms with E-state index in [0.29, 0.717) is 5.41 Å². The second-order valence-electron chi connectivity index (χ2n) is 6.39. The van der Waals surface area contributed by atoms with Gasteiger partial charge in [0.05, 0.1) is 0 Å². The van der Waals surface area contributed by atoms with Crippen molar-refractivity contribution in [1.82, 2.24) is 10.2 Å². The van der Waals surface area contributed by atoms with Crippen LogP contribution in [0.1, 0.15) is 47.5 Å². The average Bonchev–Trinajstić information content (AvgIpc) is 2.19. The molecule has 0 aromatic carbocycles. The highest BCUT2D eigenvalue weighted by atomic mass is 15.2. The van der Waals surface area contributed by atoms with Crippen LogP contribution in [0.4, 0.5) is 0 Å². The maximum Gasteiger partial charge on any atom is 0.00697 e. The van der Waals surface area contributed by atoms with Gasteiger partial charge in [0.2, 0.25) is 0 Å². The molecule has 1 aliphatic heterocycles. The van der Waals surface area contributed by atoms with Crippen LogP contribution in [0.3, 0.4) is 0 Å². The Morgan fingerprint density at radius 2 is 2.00 bits per heavy atom. The van der Waals surface area contributed by atoms with Gasteiger partial charge >= 0.3 is 0 Å². The van der Waals surface area contributed by atoms with Crippen LogP contribution >= 0.6 is 0 Å². The summed E-state index contributed by atoms with van der Waals surface area (Å²) in [6.45, 7) is 16.4. The minimum absolute atomic E-state index is 0.394. The van der Waals surface area contributed by atoms with Crippen LogP contribution in [-0.2, 0) is 0 Å². The van der Waals surface area contributed by atoms with Crippen LogP contribution in [0.25, 0.3) is 0 Å². The zero-order chi connectivity index (χ0) is 12.2. The first kappa shape index (κ1) is 14.0. The van der Waals surface area contributed by atoms with Crippen molar-refractivity contribution in [3.8, 4) is 0 Å². The molecule has 2 nitrogen and oxygen atoms in total.